The molecule has 0 spiro atoms. The van der Waals surface area contributed by atoms with Gasteiger partial charge in [-0.05, 0) is 37.1 Å². The van der Waals surface area contributed by atoms with Crippen molar-refractivity contribution in [3.8, 4) is 11.3 Å². The van der Waals surface area contributed by atoms with E-state index in [1.807, 2.05) is 62.4 Å². The van der Waals surface area contributed by atoms with Crippen LogP contribution in [0.2, 0.25) is 0 Å². The molecule has 23 heavy (non-hydrogen) atoms. The fraction of sp³-hybridized carbons (Fsp3) is 0.111. The number of aromatic nitrogens is 1. The predicted octanol–water partition coefficient (Wildman–Crippen LogP) is 4.60. The highest BCUT2D eigenvalue weighted by Crippen LogP contribution is 2.22. The quantitative estimate of drug-likeness (QED) is 0.743. The number of hydrogen-bond donors (Lipinski definition) is 2. The molecule has 0 saturated heterocycles. The lowest BCUT2D eigenvalue weighted by Gasteiger charge is -2.07. The standard InChI is InChI=1S/C18H17N3O2/c1-12-8-9-15(10-13(12)2)19-18(22)20-17-11-16(23-21-17)14-6-4-3-5-7-14/h3-11H,1-2H3,(H2,19,20,21,22). The number of aryl methyl sites for hydroxylation is 2. The van der Waals surface area contributed by atoms with Gasteiger partial charge in [0.1, 0.15) is 0 Å². The molecule has 5 nitrogen and oxygen atoms in total. The normalized spacial score (nSPS) is 10.3. The summed E-state index contributed by atoms with van der Waals surface area (Å²) in [6.45, 7) is 4.03. The van der Waals surface area contributed by atoms with Gasteiger partial charge in [0, 0.05) is 17.3 Å². The first kappa shape index (κ1) is 14.8. The van der Waals surface area contributed by atoms with Crippen LogP contribution in [0, 0.1) is 13.8 Å². The minimum atomic E-state index is -0.360. The Morgan fingerprint density at radius 2 is 1.74 bits per heavy atom. The van der Waals surface area contributed by atoms with Gasteiger partial charge >= 0.3 is 6.03 Å². The smallest absolute Gasteiger partial charge is 0.324 e. The molecule has 0 atom stereocenters. The van der Waals surface area contributed by atoms with Crippen LogP contribution in [0.4, 0.5) is 16.3 Å². The minimum Gasteiger partial charge on any atom is -0.354 e. The van der Waals surface area contributed by atoms with Gasteiger partial charge in [-0.25, -0.2) is 4.79 Å². The van der Waals surface area contributed by atoms with Crippen LogP contribution in [-0.2, 0) is 0 Å². The van der Waals surface area contributed by atoms with Crippen LogP contribution in [0.25, 0.3) is 11.3 Å². The molecule has 3 aromatic rings. The number of amides is 2. The van der Waals surface area contributed by atoms with Crippen LogP contribution in [0.3, 0.4) is 0 Å². The summed E-state index contributed by atoms with van der Waals surface area (Å²) in [7, 11) is 0. The Morgan fingerprint density at radius 1 is 0.957 bits per heavy atom. The van der Waals surface area contributed by atoms with Gasteiger partial charge in [-0.1, -0.05) is 41.6 Å². The van der Waals surface area contributed by atoms with Crippen molar-refractivity contribution < 1.29 is 9.32 Å². The Hall–Kier alpha value is -3.08. The highest BCUT2D eigenvalue weighted by Gasteiger charge is 2.09. The van der Waals surface area contributed by atoms with Crippen LogP contribution < -0.4 is 10.6 Å². The molecule has 5 heteroatoms. The lowest BCUT2D eigenvalue weighted by atomic mass is 10.1. The molecule has 0 unspecified atom stereocenters. The first-order valence-electron chi connectivity index (χ1n) is 7.29. The molecule has 0 fully saturated rings. The van der Waals surface area contributed by atoms with E-state index in [4.69, 9.17) is 4.52 Å². The topological polar surface area (TPSA) is 67.2 Å². The van der Waals surface area contributed by atoms with Crippen LogP contribution >= 0.6 is 0 Å². The molecule has 116 valence electrons. The van der Waals surface area contributed by atoms with Gasteiger partial charge in [-0.2, -0.15) is 0 Å². The number of benzene rings is 2. The second kappa shape index (κ2) is 6.36. The molecular formula is C18H17N3O2. The molecule has 2 N–H and O–H groups in total. The number of urea groups is 1. The lowest BCUT2D eigenvalue weighted by molar-refractivity contribution is 0.262. The van der Waals surface area contributed by atoms with Crippen LogP contribution in [0.5, 0.6) is 0 Å². The lowest BCUT2D eigenvalue weighted by Crippen LogP contribution is -2.19. The van der Waals surface area contributed by atoms with E-state index in [0.29, 0.717) is 11.6 Å². The Balaban J connectivity index is 1.66. The monoisotopic (exact) mass is 307 g/mol. The van der Waals surface area contributed by atoms with E-state index >= 15 is 0 Å². The highest BCUT2D eigenvalue weighted by molar-refractivity contribution is 5.99. The summed E-state index contributed by atoms with van der Waals surface area (Å²) in [4.78, 5) is 12.0. The van der Waals surface area contributed by atoms with E-state index in [0.717, 1.165) is 16.8 Å². The number of rotatable bonds is 3. The predicted molar refractivity (Wildman–Crippen MR) is 90.5 cm³/mol. The largest absolute Gasteiger partial charge is 0.354 e. The van der Waals surface area contributed by atoms with Gasteiger partial charge in [0.05, 0.1) is 0 Å². The summed E-state index contributed by atoms with van der Waals surface area (Å²) in [5.74, 6) is 0.970. The fourth-order valence-corrected chi connectivity index (χ4v) is 2.17. The zero-order valence-electron chi connectivity index (χ0n) is 13.0. The maximum atomic E-state index is 12.0. The Bertz CT molecular complexity index is 825. The molecule has 2 amide bonds. The maximum Gasteiger partial charge on any atom is 0.324 e. The number of anilines is 2. The molecule has 1 aromatic heterocycles. The van der Waals surface area contributed by atoms with Crippen molar-refractivity contribution in [2.45, 2.75) is 13.8 Å². The summed E-state index contributed by atoms with van der Waals surface area (Å²) < 4.78 is 5.24. The average molecular weight is 307 g/mol. The van der Waals surface area contributed by atoms with E-state index in [1.54, 1.807) is 6.07 Å². The summed E-state index contributed by atoms with van der Waals surface area (Å²) in [6, 6.07) is 16.7. The van der Waals surface area contributed by atoms with E-state index in [1.165, 1.54) is 5.56 Å². The van der Waals surface area contributed by atoms with E-state index in [2.05, 4.69) is 15.8 Å². The number of carbonyl (C=O) groups is 1. The SMILES string of the molecule is Cc1ccc(NC(=O)Nc2cc(-c3ccccc3)on2)cc1C. The second-order valence-corrected chi connectivity index (χ2v) is 5.32. The van der Waals surface area contributed by atoms with E-state index in [-0.39, 0.29) is 6.03 Å². The first-order chi connectivity index (χ1) is 11.1. The molecule has 0 aliphatic rings. The van der Waals surface area contributed by atoms with Crippen molar-refractivity contribution in [3.63, 3.8) is 0 Å². The Morgan fingerprint density at radius 3 is 2.48 bits per heavy atom. The fourth-order valence-electron chi connectivity index (χ4n) is 2.17. The van der Waals surface area contributed by atoms with E-state index < -0.39 is 0 Å². The van der Waals surface area contributed by atoms with Crippen LogP contribution in [0.15, 0.2) is 59.1 Å². The Kier molecular flexibility index (Phi) is 4.10. The van der Waals surface area contributed by atoms with Gasteiger partial charge in [-0.3, -0.25) is 5.32 Å². The third-order valence-electron chi connectivity index (χ3n) is 3.57. The zero-order valence-corrected chi connectivity index (χ0v) is 13.0. The maximum absolute atomic E-state index is 12.0. The second-order valence-electron chi connectivity index (χ2n) is 5.32. The van der Waals surface area contributed by atoms with Gasteiger partial charge in [0.25, 0.3) is 0 Å². The summed E-state index contributed by atoms with van der Waals surface area (Å²) >= 11 is 0. The van der Waals surface area contributed by atoms with Gasteiger partial charge in [-0.15, -0.1) is 0 Å². The minimum absolute atomic E-state index is 0.360. The third-order valence-corrected chi connectivity index (χ3v) is 3.57. The Labute approximate surface area is 134 Å². The van der Waals surface area contributed by atoms with Crippen molar-refractivity contribution in [3.05, 3.63) is 65.7 Å². The molecule has 0 aliphatic carbocycles. The molecular weight excluding hydrogens is 290 g/mol. The molecule has 1 heterocycles. The van der Waals surface area contributed by atoms with Crippen molar-refractivity contribution in [2.24, 2.45) is 0 Å². The number of nitrogens with zero attached hydrogens (tertiary/aromatic N) is 1. The van der Waals surface area contributed by atoms with Gasteiger partial charge in [0.2, 0.25) is 0 Å². The van der Waals surface area contributed by atoms with Crippen LogP contribution in [-0.4, -0.2) is 11.2 Å². The first-order valence-corrected chi connectivity index (χ1v) is 7.29. The number of carbonyl (C=O) groups excluding carboxylic acids is 1. The van der Waals surface area contributed by atoms with Gasteiger partial charge < -0.3 is 9.84 Å². The number of hydrogen-bond acceptors (Lipinski definition) is 3. The summed E-state index contributed by atoms with van der Waals surface area (Å²) in [5, 5.41) is 9.29. The van der Waals surface area contributed by atoms with Crippen molar-refractivity contribution in [2.75, 3.05) is 10.6 Å². The molecule has 0 aliphatic heterocycles. The highest BCUT2D eigenvalue weighted by atomic mass is 16.5. The summed E-state index contributed by atoms with van der Waals surface area (Å²) in [6.07, 6.45) is 0. The van der Waals surface area contributed by atoms with Crippen molar-refractivity contribution in [1.29, 1.82) is 0 Å². The van der Waals surface area contributed by atoms with Gasteiger partial charge in [0.15, 0.2) is 11.6 Å². The number of nitrogens with one attached hydrogen (secondary N) is 2. The molecule has 0 radical (unpaired) electrons. The van der Waals surface area contributed by atoms with Crippen LogP contribution in [0.1, 0.15) is 11.1 Å². The van der Waals surface area contributed by atoms with Crippen molar-refractivity contribution in [1.82, 2.24) is 5.16 Å². The summed E-state index contributed by atoms with van der Waals surface area (Å²) in [5.41, 5.74) is 3.94. The van der Waals surface area contributed by atoms with E-state index in [9.17, 15) is 4.79 Å². The zero-order chi connectivity index (χ0) is 16.2. The molecule has 0 saturated carbocycles. The third kappa shape index (κ3) is 3.58. The average Bonchev–Trinajstić information content (AvgIpc) is 3.00. The molecule has 2 aromatic carbocycles. The molecule has 0 bridgehead atoms. The molecule has 3 rings (SSSR count). The van der Waals surface area contributed by atoms with Crippen molar-refractivity contribution >= 4 is 17.5 Å².